The topological polar surface area (TPSA) is 54.5 Å². The van der Waals surface area contributed by atoms with Crippen LogP contribution in [-0.2, 0) is 11.0 Å². The number of piperidine rings is 1. The molecule has 154 valence electrons. The number of para-hydroxylation sites is 1. The summed E-state index contributed by atoms with van der Waals surface area (Å²) in [6.45, 7) is 1.74. The average molecular weight is 405 g/mol. The standard InChI is InChI=1S/C21H22F3N3O2/c22-21(23,24)15-5-6-19(25-13-15)27-10-7-14(8-11-27)20(28)26-17-9-12-29-18-4-2-1-3-16(17)18/h1-6,13-14,17H,7-12H2,(H,26,28)/t17-/m0/s1. The average Bonchev–Trinajstić information content (AvgIpc) is 2.73. The maximum atomic E-state index is 12.8. The van der Waals surface area contributed by atoms with Crippen LogP contribution in [0.1, 0.15) is 36.4 Å². The van der Waals surface area contributed by atoms with E-state index >= 15 is 0 Å². The van der Waals surface area contributed by atoms with Crippen LogP contribution in [0.5, 0.6) is 5.75 Å². The number of fused-ring (bicyclic) bond motifs is 1. The van der Waals surface area contributed by atoms with Gasteiger partial charge in [-0.3, -0.25) is 4.79 Å². The quantitative estimate of drug-likeness (QED) is 0.840. The Labute approximate surface area is 166 Å². The third-order valence-corrected chi connectivity index (χ3v) is 5.54. The van der Waals surface area contributed by atoms with E-state index in [0.717, 1.165) is 30.0 Å². The first-order valence-corrected chi connectivity index (χ1v) is 9.72. The highest BCUT2D eigenvalue weighted by Crippen LogP contribution is 2.33. The van der Waals surface area contributed by atoms with Crippen LogP contribution in [0.25, 0.3) is 0 Å². The molecule has 3 heterocycles. The van der Waals surface area contributed by atoms with Crippen LogP contribution < -0.4 is 15.0 Å². The van der Waals surface area contributed by atoms with Crippen LogP contribution in [0.2, 0.25) is 0 Å². The molecule has 1 N–H and O–H groups in total. The molecule has 4 rings (SSSR count). The van der Waals surface area contributed by atoms with Gasteiger partial charge in [0.15, 0.2) is 0 Å². The lowest BCUT2D eigenvalue weighted by Gasteiger charge is -2.34. The van der Waals surface area contributed by atoms with Crippen LogP contribution in [0.15, 0.2) is 42.6 Å². The van der Waals surface area contributed by atoms with Gasteiger partial charge in [0.1, 0.15) is 11.6 Å². The Morgan fingerprint density at radius 1 is 1.10 bits per heavy atom. The van der Waals surface area contributed by atoms with Crippen molar-refractivity contribution in [2.75, 3.05) is 24.6 Å². The van der Waals surface area contributed by atoms with E-state index in [1.54, 1.807) is 0 Å². The van der Waals surface area contributed by atoms with Crippen LogP contribution in [0.3, 0.4) is 0 Å². The predicted molar refractivity (Wildman–Crippen MR) is 102 cm³/mol. The lowest BCUT2D eigenvalue weighted by molar-refractivity contribution is -0.137. The summed E-state index contributed by atoms with van der Waals surface area (Å²) in [5, 5.41) is 3.15. The molecule has 1 saturated heterocycles. The molecule has 1 atom stereocenters. The molecule has 1 aromatic heterocycles. The highest BCUT2D eigenvalue weighted by atomic mass is 19.4. The van der Waals surface area contributed by atoms with E-state index < -0.39 is 11.7 Å². The van der Waals surface area contributed by atoms with Gasteiger partial charge in [0, 0.05) is 37.2 Å². The van der Waals surface area contributed by atoms with Crippen molar-refractivity contribution in [3.8, 4) is 5.75 Å². The molecule has 0 saturated carbocycles. The fraction of sp³-hybridized carbons (Fsp3) is 0.429. The molecular formula is C21H22F3N3O2. The molecule has 0 radical (unpaired) electrons. The van der Waals surface area contributed by atoms with Crippen molar-refractivity contribution in [1.29, 1.82) is 0 Å². The lowest BCUT2D eigenvalue weighted by Crippen LogP contribution is -2.42. The van der Waals surface area contributed by atoms with Crippen molar-refractivity contribution in [3.05, 3.63) is 53.7 Å². The van der Waals surface area contributed by atoms with E-state index in [9.17, 15) is 18.0 Å². The Balaban J connectivity index is 1.33. The third-order valence-electron chi connectivity index (χ3n) is 5.54. The first kappa shape index (κ1) is 19.5. The van der Waals surface area contributed by atoms with E-state index in [0.29, 0.717) is 38.4 Å². The normalized spacial score (nSPS) is 20.0. The summed E-state index contributed by atoms with van der Waals surface area (Å²) in [6, 6.07) is 10.1. The molecule has 2 aromatic rings. The number of hydrogen-bond donors (Lipinski definition) is 1. The molecule has 0 unspecified atom stereocenters. The predicted octanol–water partition coefficient (Wildman–Crippen LogP) is 3.96. The minimum atomic E-state index is -4.39. The second-order valence-corrected chi connectivity index (χ2v) is 7.40. The number of carbonyl (C=O) groups is 1. The first-order valence-electron chi connectivity index (χ1n) is 9.72. The van der Waals surface area contributed by atoms with Crippen molar-refractivity contribution in [2.45, 2.75) is 31.5 Å². The number of nitrogens with one attached hydrogen (secondary N) is 1. The summed E-state index contributed by atoms with van der Waals surface area (Å²) >= 11 is 0. The molecule has 8 heteroatoms. The molecule has 1 amide bonds. The summed E-state index contributed by atoms with van der Waals surface area (Å²) in [5.74, 6) is 1.23. The molecule has 1 fully saturated rings. The van der Waals surface area contributed by atoms with Crippen LogP contribution in [-0.4, -0.2) is 30.6 Å². The summed E-state index contributed by atoms with van der Waals surface area (Å²) in [6.07, 6.45) is -1.52. The summed E-state index contributed by atoms with van der Waals surface area (Å²) in [4.78, 5) is 18.6. The minimum absolute atomic E-state index is 0.0201. The second kappa shape index (κ2) is 7.93. The van der Waals surface area contributed by atoms with E-state index in [4.69, 9.17) is 4.74 Å². The number of anilines is 1. The van der Waals surface area contributed by atoms with Gasteiger partial charge in [-0.15, -0.1) is 0 Å². The Kier molecular flexibility index (Phi) is 5.34. The van der Waals surface area contributed by atoms with Gasteiger partial charge in [-0.25, -0.2) is 4.98 Å². The molecule has 0 spiro atoms. The van der Waals surface area contributed by atoms with Crippen molar-refractivity contribution >= 4 is 11.7 Å². The number of ether oxygens (including phenoxy) is 1. The zero-order chi connectivity index (χ0) is 20.4. The van der Waals surface area contributed by atoms with Gasteiger partial charge in [0.05, 0.1) is 18.2 Å². The number of benzene rings is 1. The number of carbonyl (C=O) groups excluding carboxylic acids is 1. The zero-order valence-corrected chi connectivity index (χ0v) is 15.8. The van der Waals surface area contributed by atoms with Crippen LogP contribution in [0.4, 0.5) is 19.0 Å². The van der Waals surface area contributed by atoms with E-state index in [2.05, 4.69) is 10.3 Å². The van der Waals surface area contributed by atoms with Gasteiger partial charge >= 0.3 is 6.18 Å². The Morgan fingerprint density at radius 2 is 1.86 bits per heavy atom. The fourth-order valence-electron chi connectivity index (χ4n) is 3.89. The van der Waals surface area contributed by atoms with Crippen LogP contribution >= 0.6 is 0 Å². The van der Waals surface area contributed by atoms with Gasteiger partial charge in [-0.2, -0.15) is 13.2 Å². The van der Waals surface area contributed by atoms with Crippen LogP contribution in [0, 0.1) is 5.92 Å². The molecule has 1 aromatic carbocycles. The number of halogens is 3. The fourth-order valence-corrected chi connectivity index (χ4v) is 3.89. The Bertz CT molecular complexity index is 862. The van der Waals surface area contributed by atoms with E-state index in [-0.39, 0.29) is 17.9 Å². The Morgan fingerprint density at radius 3 is 2.55 bits per heavy atom. The molecule has 0 bridgehead atoms. The Hall–Kier alpha value is -2.77. The monoisotopic (exact) mass is 405 g/mol. The van der Waals surface area contributed by atoms with Gasteiger partial charge in [-0.05, 0) is 31.0 Å². The largest absolute Gasteiger partial charge is 0.493 e. The molecular weight excluding hydrogens is 383 g/mol. The number of rotatable bonds is 3. The molecule has 2 aliphatic rings. The number of aromatic nitrogens is 1. The minimum Gasteiger partial charge on any atom is -0.493 e. The summed E-state index contributed by atoms with van der Waals surface area (Å²) < 4.78 is 43.7. The van der Waals surface area contributed by atoms with Crippen molar-refractivity contribution < 1.29 is 22.7 Å². The smallest absolute Gasteiger partial charge is 0.417 e. The zero-order valence-electron chi connectivity index (χ0n) is 15.8. The number of pyridine rings is 1. The van der Waals surface area contributed by atoms with Gasteiger partial charge in [0.25, 0.3) is 0 Å². The van der Waals surface area contributed by atoms with Crippen molar-refractivity contribution in [2.24, 2.45) is 5.92 Å². The van der Waals surface area contributed by atoms with Gasteiger partial charge < -0.3 is 15.0 Å². The molecule has 5 nitrogen and oxygen atoms in total. The van der Waals surface area contributed by atoms with Crippen molar-refractivity contribution in [3.63, 3.8) is 0 Å². The van der Waals surface area contributed by atoms with E-state index in [1.807, 2.05) is 29.2 Å². The highest BCUT2D eigenvalue weighted by molar-refractivity contribution is 5.79. The number of nitrogens with zero attached hydrogens (tertiary/aromatic N) is 2. The SMILES string of the molecule is O=C(N[C@H]1CCOc2ccccc21)C1CCN(c2ccc(C(F)(F)F)cn2)CC1. The second-order valence-electron chi connectivity index (χ2n) is 7.40. The first-order chi connectivity index (χ1) is 13.9. The third kappa shape index (κ3) is 4.31. The maximum absolute atomic E-state index is 12.8. The molecule has 29 heavy (non-hydrogen) atoms. The summed E-state index contributed by atoms with van der Waals surface area (Å²) in [7, 11) is 0. The highest BCUT2D eigenvalue weighted by Gasteiger charge is 2.32. The molecule has 0 aliphatic carbocycles. The number of amides is 1. The summed E-state index contributed by atoms with van der Waals surface area (Å²) in [5.41, 5.74) is 0.241. The maximum Gasteiger partial charge on any atom is 0.417 e. The number of alkyl halides is 3. The number of hydrogen-bond acceptors (Lipinski definition) is 4. The van der Waals surface area contributed by atoms with Gasteiger partial charge in [-0.1, -0.05) is 18.2 Å². The molecule has 2 aliphatic heterocycles. The van der Waals surface area contributed by atoms with E-state index in [1.165, 1.54) is 6.07 Å². The van der Waals surface area contributed by atoms with Gasteiger partial charge in [0.2, 0.25) is 5.91 Å². The van der Waals surface area contributed by atoms with Crippen molar-refractivity contribution in [1.82, 2.24) is 10.3 Å². The lowest BCUT2D eigenvalue weighted by atomic mass is 9.94.